The van der Waals surface area contributed by atoms with Crippen LogP contribution in [0.5, 0.6) is 0 Å². The summed E-state index contributed by atoms with van der Waals surface area (Å²) in [6.45, 7) is 5.40. The monoisotopic (exact) mass is 254 g/mol. The fourth-order valence-electron chi connectivity index (χ4n) is 2.52. The Morgan fingerprint density at radius 3 is 2.65 bits per heavy atom. The zero-order valence-electron chi connectivity index (χ0n) is 10.8. The molecule has 1 saturated carbocycles. The highest BCUT2D eigenvalue weighted by Gasteiger charge is 2.25. The Balaban J connectivity index is 0.00000144. The first-order valence-corrected chi connectivity index (χ1v) is 6.35. The van der Waals surface area contributed by atoms with E-state index in [0.717, 1.165) is 12.2 Å². The fourth-order valence-corrected chi connectivity index (χ4v) is 2.52. The Labute approximate surface area is 111 Å². The van der Waals surface area contributed by atoms with Crippen LogP contribution in [0.2, 0.25) is 0 Å². The van der Waals surface area contributed by atoms with Crippen LogP contribution < -0.4 is 5.32 Å². The SMILES string of the molecule is Cc1ncccc1CNC1(C)CCCCC1.Cl. The van der Waals surface area contributed by atoms with Gasteiger partial charge in [0, 0.05) is 24.0 Å². The van der Waals surface area contributed by atoms with Crippen molar-refractivity contribution in [3.63, 3.8) is 0 Å². The predicted octanol–water partition coefficient (Wildman–Crippen LogP) is 3.62. The van der Waals surface area contributed by atoms with Crippen LogP contribution >= 0.6 is 12.4 Å². The first-order valence-electron chi connectivity index (χ1n) is 6.35. The molecular formula is C14H23ClN2. The average molecular weight is 255 g/mol. The van der Waals surface area contributed by atoms with Crippen molar-refractivity contribution in [2.24, 2.45) is 0 Å². The van der Waals surface area contributed by atoms with Gasteiger partial charge in [0.25, 0.3) is 0 Å². The molecule has 96 valence electrons. The maximum atomic E-state index is 4.33. The summed E-state index contributed by atoms with van der Waals surface area (Å²) < 4.78 is 0. The van der Waals surface area contributed by atoms with E-state index in [0.29, 0.717) is 5.54 Å². The van der Waals surface area contributed by atoms with Crippen LogP contribution in [0.3, 0.4) is 0 Å². The van der Waals surface area contributed by atoms with Crippen molar-refractivity contribution < 1.29 is 0 Å². The maximum absolute atomic E-state index is 4.33. The summed E-state index contributed by atoms with van der Waals surface area (Å²) in [6.07, 6.45) is 8.63. The van der Waals surface area contributed by atoms with E-state index in [1.165, 1.54) is 37.7 Å². The molecule has 1 aromatic heterocycles. The molecule has 0 atom stereocenters. The Kier molecular flexibility index (Phi) is 5.41. The summed E-state index contributed by atoms with van der Waals surface area (Å²) in [7, 11) is 0. The standard InChI is InChI=1S/C14H22N2.ClH/c1-12-13(7-6-10-15-12)11-16-14(2)8-4-3-5-9-14;/h6-7,10,16H,3-5,8-9,11H2,1-2H3;1H. The van der Waals surface area contributed by atoms with E-state index >= 15 is 0 Å². The van der Waals surface area contributed by atoms with Gasteiger partial charge in [-0.15, -0.1) is 12.4 Å². The minimum atomic E-state index is 0. The molecule has 1 aliphatic rings. The van der Waals surface area contributed by atoms with Gasteiger partial charge in [0.2, 0.25) is 0 Å². The summed E-state index contributed by atoms with van der Waals surface area (Å²) in [5.74, 6) is 0. The molecule has 1 aliphatic carbocycles. The van der Waals surface area contributed by atoms with Gasteiger partial charge in [-0.25, -0.2) is 0 Å². The van der Waals surface area contributed by atoms with Crippen molar-refractivity contribution >= 4 is 12.4 Å². The lowest BCUT2D eigenvalue weighted by Crippen LogP contribution is -2.43. The van der Waals surface area contributed by atoms with Crippen LogP contribution in [0.15, 0.2) is 18.3 Å². The third kappa shape index (κ3) is 3.97. The van der Waals surface area contributed by atoms with Gasteiger partial charge in [-0.3, -0.25) is 4.98 Å². The molecule has 0 spiro atoms. The van der Waals surface area contributed by atoms with Crippen molar-refractivity contribution in [3.8, 4) is 0 Å². The number of hydrogen-bond donors (Lipinski definition) is 1. The van der Waals surface area contributed by atoms with E-state index in [4.69, 9.17) is 0 Å². The van der Waals surface area contributed by atoms with Crippen molar-refractivity contribution in [1.29, 1.82) is 0 Å². The number of nitrogens with one attached hydrogen (secondary N) is 1. The van der Waals surface area contributed by atoms with E-state index < -0.39 is 0 Å². The molecule has 0 amide bonds. The van der Waals surface area contributed by atoms with Gasteiger partial charge in [0.05, 0.1) is 0 Å². The smallest absolute Gasteiger partial charge is 0.0417 e. The van der Waals surface area contributed by atoms with E-state index in [9.17, 15) is 0 Å². The molecule has 0 aliphatic heterocycles. The summed E-state index contributed by atoms with van der Waals surface area (Å²) in [6, 6.07) is 4.19. The molecule has 0 bridgehead atoms. The molecule has 1 aromatic rings. The van der Waals surface area contributed by atoms with Crippen LogP contribution in [-0.2, 0) is 6.54 Å². The third-order valence-electron chi connectivity index (χ3n) is 3.78. The van der Waals surface area contributed by atoms with Crippen LogP contribution in [0.1, 0.15) is 50.3 Å². The Bertz CT molecular complexity index is 346. The molecule has 17 heavy (non-hydrogen) atoms. The molecule has 0 aromatic carbocycles. The molecule has 2 nitrogen and oxygen atoms in total. The fraction of sp³-hybridized carbons (Fsp3) is 0.643. The largest absolute Gasteiger partial charge is 0.307 e. The Morgan fingerprint density at radius 1 is 1.29 bits per heavy atom. The number of pyridine rings is 1. The molecule has 0 unspecified atom stereocenters. The minimum absolute atomic E-state index is 0. The predicted molar refractivity (Wildman–Crippen MR) is 74.6 cm³/mol. The number of hydrogen-bond acceptors (Lipinski definition) is 2. The van der Waals surface area contributed by atoms with Crippen molar-refractivity contribution in [3.05, 3.63) is 29.6 Å². The quantitative estimate of drug-likeness (QED) is 0.891. The molecular weight excluding hydrogens is 232 g/mol. The average Bonchev–Trinajstić information content (AvgIpc) is 2.29. The minimum Gasteiger partial charge on any atom is -0.307 e. The van der Waals surface area contributed by atoms with Gasteiger partial charge in [-0.1, -0.05) is 25.3 Å². The Hall–Kier alpha value is -0.600. The lowest BCUT2D eigenvalue weighted by Gasteiger charge is -2.35. The third-order valence-corrected chi connectivity index (χ3v) is 3.78. The highest BCUT2D eigenvalue weighted by molar-refractivity contribution is 5.85. The molecule has 1 heterocycles. The van der Waals surface area contributed by atoms with Crippen LogP contribution in [0.25, 0.3) is 0 Å². The van der Waals surface area contributed by atoms with Gasteiger partial charge < -0.3 is 5.32 Å². The second kappa shape index (κ2) is 6.36. The van der Waals surface area contributed by atoms with Crippen LogP contribution in [0.4, 0.5) is 0 Å². The lowest BCUT2D eigenvalue weighted by molar-refractivity contribution is 0.252. The zero-order chi connectivity index (χ0) is 11.4. The highest BCUT2D eigenvalue weighted by Crippen LogP contribution is 2.27. The van der Waals surface area contributed by atoms with E-state index in [2.05, 4.69) is 30.2 Å². The van der Waals surface area contributed by atoms with E-state index in [1.54, 1.807) is 0 Å². The maximum Gasteiger partial charge on any atom is 0.0417 e. The van der Waals surface area contributed by atoms with E-state index in [-0.39, 0.29) is 12.4 Å². The molecule has 1 fully saturated rings. The second-order valence-corrected chi connectivity index (χ2v) is 5.22. The number of rotatable bonds is 3. The number of nitrogens with zero attached hydrogens (tertiary/aromatic N) is 1. The lowest BCUT2D eigenvalue weighted by atomic mass is 9.83. The molecule has 0 radical (unpaired) electrons. The second-order valence-electron chi connectivity index (χ2n) is 5.22. The van der Waals surface area contributed by atoms with Gasteiger partial charge in [0.15, 0.2) is 0 Å². The normalized spacial score (nSPS) is 18.5. The zero-order valence-corrected chi connectivity index (χ0v) is 11.6. The summed E-state index contributed by atoms with van der Waals surface area (Å²) in [5, 5.41) is 3.72. The topological polar surface area (TPSA) is 24.9 Å². The van der Waals surface area contributed by atoms with Gasteiger partial charge in [-0.05, 0) is 38.3 Å². The van der Waals surface area contributed by atoms with Crippen molar-refractivity contribution in [2.75, 3.05) is 0 Å². The van der Waals surface area contributed by atoms with E-state index in [1.807, 2.05) is 12.3 Å². The van der Waals surface area contributed by atoms with Crippen LogP contribution in [-0.4, -0.2) is 10.5 Å². The van der Waals surface area contributed by atoms with Gasteiger partial charge in [-0.2, -0.15) is 0 Å². The number of halogens is 1. The highest BCUT2D eigenvalue weighted by atomic mass is 35.5. The Morgan fingerprint density at radius 2 is 2.00 bits per heavy atom. The number of aromatic nitrogens is 1. The first-order chi connectivity index (χ1) is 7.70. The summed E-state index contributed by atoms with van der Waals surface area (Å²) in [5.41, 5.74) is 2.82. The molecule has 3 heteroatoms. The van der Waals surface area contributed by atoms with Gasteiger partial charge >= 0.3 is 0 Å². The van der Waals surface area contributed by atoms with Crippen molar-refractivity contribution in [2.45, 2.75) is 58.0 Å². The summed E-state index contributed by atoms with van der Waals surface area (Å²) >= 11 is 0. The van der Waals surface area contributed by atoms with Gasteiger partial charge in [0.1, 0.15) is 0 Å². The summed E-state index contributed by atoms with van der Waals surface area (Å²) in [4.78, 5) is 4.33. The number of aryl methyl sites for hydroxylation is 1. The molecule has 2 rings (SSSR count). The first kappa shape index (κ1) is 14.5. The van der Waals surface area contributed by atoms with Crippen LogP contribution in [0, 0.1) is 6.92 Å². The molecule has 1 N–H and O–H groups in total. The molecule has 0 saturated heterocycles. The van der Waals surface area contributed by atoms with Crippen molar-refractivity contribution in [1.82, 2.24) is 10.3 Å².